The molecule has 0 radical (unpaired) electrons. The van der Waals surface area contributed by atoms with Crippen LogP contribution in [0.25, 0.3) is 6.08 Å². The molecule has 0 spiro atoms. The van der Waals surface area contributed by atoms with Crippen molar-refractivity contribution in [1.29, 1.82) is 0 Å². The maximum Gasteiger partial charge on any atom is 0.343 e. The molecule has 10 heteroatoms. The van der Waals surface area contributed by atoms with Gasteiger partial charge in [0.25, 0.3) is 5.91 Å². The number of thiocarbonyl (C=S) groups is 1. The molecule has 1 aliphatic heterocycles. The number of carbonyl (C=O) groups excluding carboxylic acids is 2. The number of carboxylic acids is 1. The molecular weight excluding hydrogens is 450 g/mol. The molecule has 0 aliphatic carbocycles. The molecule has 1 fully saturated rings. The molecule has 0 aromatic heterocycles. The number of methoxy groups -OCH3 is 1. The van der Waals surface area contributed by atoms with Gasteiger partial charge in [-0.1, -0.05) is 41.6 Å². The summed E-state index contributed by atoms with van der Waals surface area (Å²) in [5.41, 5.74) is 0.918. The van der Waals surface area contributed by atoms with Crippen LogP contribution in [0.15, 0.2) is 47.4 Å². The number of halogens is 1. The Balaban J connectivity index is 1.80. The minimum Gasteiger partial charge on any atom is -0.493 e. The molecule has 30 heavy (non-hydrogen) atoms. The number of ether oxygens (including phenoxy) is 2. The highest BCUT2D eigenvalue weighted by molar-refractivity contribution is 8.26. The zero-order valence-corrected chi connectivity index (χ0v) is 17.8. The highest BCUT2D eigenvalue weighted by Gasteiger charge is 2.33. The molecule has 7 nitrogen and oxygen atoms in total. The normalized spacial score (nSPS) is 14.9. The number of thioether (sulfide) groups is 1. The predicted molar refractivity (Wildman–Crippen MR) is 117 cm³/mol. The van der Waals surface area contributed by atoms with Crippen molar-refractivity contribution in [3.05, 3.63) is 63.5 Å². The first-order valence-electron chi connectivity index (χ1n) is 8.41. The lowest BCUT2D eigenvalue weighted by Crippen LogP contribution is -2.33. The number of carbonyl (C=O) groups is 3. The fourth-order valence-corrected chi connectivity index (χ4v) is 3.91. The highest BCUT2D eigenvalue weighted by Crippen LogP contribution is 2.35. The Bertz CT molecular complexity index is 1070. The Hall–Kier alpha value is -2.88. The SMILES string of the molecule is COc1cc(/C=C2/SC(=S)N(CC(=O)O)C2=O)ccc1OC(=O)c1ccc(Cl)cc1. The summed E-state index contributed by atoms with van der Waals surface area (Å²) >= 11 is 11.9. The Labute approximate surface area is 186 Å². The number of esters is 1. The van der Waals surface area contributed by atoms with E-state index in [9.17, 15) is 14.4 Å². The number of nitrogens with zero attached hydrogens (tertiary/aromatic N) is 1. The maximum atomic E-state index is 12.4. The molecule has 2 aromatic carbocycles. The van der Waals surface area contributed by atoms with E-state index < -0.39 is 24.4 Å². The summed E-state index contributed by atoms with van der Waals surface area (Å²) in [5.74, 6) is -1.72. The molecule has 1 amide bonds. The number of aliphatic carboxylic acids is 1. The summed E-state index contributed by atoms with van der Waals surface area (Å²) in [4.78, 5) is 36.9. The van der Waals surface area contributed by atoms with Crippen LogP contribution >= 0.6 is 35.6 Å². The van der Waals surface area contributed by atoms with Crippen molar-refractivity contribution in [1.82, 2.24) is 4.90 Å². The average Bonchev–Trinajstić information content (AvgIpc) is 2.96. The lowest BCUT2D eigenvalue weighted by atomic mass is 10.1. The molecule has 0 bridgehead atoms. The molecule has 0 atom stereocenters. The van der Waals surface area contributed by atoms with Crippen molar-refractivity contribution >= 4 is 63.8 Å². The van der Waals surface area contributed by atoms with Gasteiger partial charge in [-0.25, -0.2) is 4.79 Å². The van der Waals surface area contributed by atoms with E-state index in [0.29, 0.717) is 16.1 Å². The van der Waals surface area contributed by atoms with Crippen molar-refractivity contribution in [2.75, 3.05) is 13.7 Å². The molecule has 154 valence electrons. The standard InChI is InChI=1S/C20H14ClNO6S2/c1-27-15-8-11(9-16-18(25)22(10-17(23)24)20(29)30-16)2-7-14(15)28-19(26)12-3-5-13(21)6-4-12/h2-9H,10H2,1H3,(H,23,24)/b16-9+. The highest BCUT2D eigenvalue weighted by atomic mass is 35.5. The fourth-order valence-electron chi connectivity index (χ4n) is 2.53. The summed E-state index contributed by atoms with van der Waals surface area (Å²) in [5, 5.41) is 9.41. The third-order valence-electron chi connectivity index (χ3n) is 3.93. The van der Waals surface area contributed by atoms with E-state index in [-0.39, 0.29) is 20.7 Å². The average molecular weight is 464 g/mol. The van der Waals surface area contributed by atoms with E-state index >= 15 is 0 Å². The van der Waals surface area contributed by atoms with E-state index in [2.05, 4.69) is 0 Å². The van der Waals surface area contributed by atoms with Gasteiger partial charge in [-0.2, -0.15) is 0 Å². The van der Waals surface area contributed by atoms with Gasteiger partial charge in [-0.05, 0) is 48.0 Å². The lowest BCUT2D eigenvalue weighted by Gasteiger charge is -2.11. The van der Waals surface area contributed by atoms with Gasteiger partial charge < -0.3 is 14.6 Å². The first kappa shape index (κ1) is 21.8. The van der Waals surface area contributed by atoms with Crippen molar-refractivity contribution in [2.24, 2.45) is 0 Å². The molecule has 1 heterocycles. The van der Waals surface area contributed by atoms with Crippen LogP contribution in [0.1, 0.15) is 15.9 Å². The lowest BCUT2D eigenvalue weighted by molar-refractivity contribution is -0.140. The van der Waals surface area contributed by atoms with Crippen LogP contribution in [0.3, 0.4) is 0 Å². The Kier molecular flexibility index (Phi) is 6.76. The van der Waals surface area contributed by atoms with Crippen molar-refractivity contribution in [2.45, 2.75) is 0 Å². The Morgan fingerprint density at radius 3 is 2.53 bits per heavy atom. The molecule has 1 saturated heterocycles. The maximum absolute atomic E-state index is 12.4. The van der Waals surface area contributed by atoms with Gasteiger partial charge in [-0.15, -0.1) is 0 Å². The fraction of sp³-hybridized carbons (Fsp3) is 0.100. The summed E-state index contributed by atoms with van der Waals surface area (Å²) in [6.07, 6.45) is 1.56. The third-order valence-corrected chi connectivity index (χ3v) is 5.56. The Morgan fingerprint density at radius 2 is 1.90 bits per heavy atom. The van der Waals surface area contributed by atoms with Crippen LogP contribution in [-0.4, -0.2) is 45.8 Å². The molecule has 1 N–H and O–H groups in total. The smallest absolute Gasteiger partial charge is 0.343 e. The van der Waals surface area contributed by atoms with E-state index in [1.54, 1.807) is 42.5 Å². The molecule has 0 saturated carbocycles. The van der Waals surface area contributed by atoms with Gasteiger partial charge in [0.1, 0.15) is 10.9 Å². The largest absolute Gasteiger partial charge is 0.493 e. The topological polar surface area (TPSA) is 93.1 Å². The van der Waals surface area contributed by atoms with Gasteiger partial charge in [0.05, 0.1) is 17.6 Å². The summed E-state index contributed by atoms with van der Waals surface area (Å²) in [6.45, 7) is -0.495. The predicted octanol–water partition coefficient (Wildman–Crippen LogP) is 3.85. The van der Waals surface area contributed by atoms with Gasteiger partial charge in [0.15, 0.2) is 11.5 Å². The van der Waals surface area contributed by atoms with Gasteiger partial charge >= 0.3 is 11.9 Å². The monoisotopic (exact) mass is 463 g/mol. The third kappa shape index (κ3) is 4.99. The van der Waals surface area contributed by atoms with Crippen LogP contribution in [-0.2, 0) is 9.59 Å². The summed E-state index contributed by atoms with van der Waals surface area (Å²) < 4.78 is 10.9. The Morgan fingerprint density at radius 1 is 1.20 bits per heavy atom. The van der Waals surface area contributed by atoms with Crippen LogP contribution < -0.4 is 9.47 Å². The quantitative estimate of drug-likeness (QED) is 0.299. The second-order valence-corrected chi connectivity index (χ2v) is 8.08. The number of amides is 1. The van der Waals surface area contributed by atoms with Crippen molar-refractivity contribution in [3.63, 3.8) is 0 Å². The van der Waals surface area contributed by atoms with Crippen molar-refractivity contribution < 1.29 is 29.0 Å². The van der Waals surface area contributed by atoms with Gasteiger partial charge in [-0.3, -0.25) is 14.5 Å². The first-order valence-corrected chi connectivity index (χ1v) is 10.0. The first-order chi connectivity index (χ1) is 14.3. The molecule has 2 aromatic rings. The van der Waals surface area contributed by atoms with Crippen molar-refractivity contribution in [3.8, 4) is 11.5 Å². The summed E-state index contributed by atoms with van der Waals surface area (Å²) in [7, 11) is 1.42. The second kappa shape index (κ2) is 9.29. The molecule has 0 unspecified atom stereocenters. The number of benzene rings is 2. The van der Waals surface area contributed by atoms with Crippen LogP contribution in [0, 0.1) is 0 Å². The zero-order chi connectivity index (χ0) is 21.8. The van der Waals surface area contributed by atoms with E-state index in [1.165, 1.54) is 13.2 Å². The van der Waals surface area contributed by atoms with E-state index in [0.717, 1.165) is 16.7 Å². The second-order valence-electron chi connectivity index (χ2n) is 5.97. The minimum absolute atomic E-state index is 0.175. The van der Waals surface area contributed by atoms with Gasteiger partial charge in [0.2, 0.25) is 0 Å². The number of hydrogen-bond acceptors (Lipinski definition) is 7. The zero-order valence-electron chi connectivity index (χ0n) is 15.5. The number of carboxylic acid groups (broad SMARTS) is 1. The number of rotatable bonds is 6. The van der Waals surface area contributed by atoms with Crippen LogP contribution in [0.5, 0.6) is 11.5 Å². The summed E-state index contributed by atoms with van der Waals surface area (Å²) in [6, 6.07) is 11.0. The molecule has 1 aliphatic rings. The molecule has 3 rings (SSSR count). The van der Waals surface area contributed by atoms with E-state index in [4.69, 9.17) is 38.4 Å². The van der Waals surface area contributed by atoms with Crippen LogP contribution in [0.2, 0.25) is 5.02 Å². The van der Waals surface area contributed by atoms with Crippen LogP contribution in [0.4, 0.5) is 0 Å². The van der Waals surface area contributed by atoms with E-state index in [1.807, 2.05) is 0 Å². The number of hydrogen-bond donors (Lipinski definition) is 1. The van der Waals surface area contributed by atoms with Gasteiger partial charge in [0, 0.05) is 5.02 Å². The molecular formula is C20H14ClNO6S2. The minimum atomic E-state index is -1.15.